The fourth-order valence-electron chi connectivity index (χ4n) is 2.90. The van der Waals surface area contributed by atoms with Crippen LogP contribution >= 0.6 is 0 Å². The van der Waals surface area contributed by atoms with Crippen molar-refractivity contribution in [3.05, 3.63) is 48.0 Å². The van der Waals surface area contributed by atoms with Crippen LogP contribution in [-0.4, -0.2) is 44.0 Å². The van der Waals surface area contributed by atoms with Crippen LogP contribution in [0.25, 0.3) is 0 Å². The zero-order valence-corrected chi connectivity index (χ0v) is 15.5. The Balaban J connectivity index is 1.69. The first-order valence-electron chi connectivity index (χ1n) is 8.33. The highest BCUT2D eigenvalue weighted by Gasteiger charge is 2.32. The maximum atomic E-state index is 13.5. The minimum atomic E-state index is -3.83. The standard InChI is InChI=1S/C18H21FN2O4S/c1-13-3-5-16(12-20-13)25-15-7-9-21(10-8-15)26(22,23)18-11-14(19)4-6-17(18)24-2/h3-6,11-12,15H,7-10H2,1-2H3. The summed E-state index contributed by atoms with van der Waals surface area (Å²) in [6.45, 7) is 2.49. The van der Waals surface area contributed by atoms with Crippen LogP contribution in [0.2, 0.25) is 0 Å². The van der Waals surface area contributed by atoms with E-state index in [-0.39, 0.29) is 16.7 Å². The monoisotopic (exact) mass is 380 g/mol. The first-order chi connectivity index (χ1) is 12.4. The topological polar surface area (TPSA) is 68.7 Å². The molecule has 2 heterocycles. The number of aromatic nitrogens is 1. The quantitative estimate of drug-likeness (QED) is 0.798. The van der Waals surface area contributed by atoms with Crippen LogP contribution in [0.15, 0.2) is 41.4 Å². The smallest absolute Gasteiger partial charge is 0.246 e. The van der Waals surface area contributed by atoms with Crippen molar-refractivity contribution in [3.63, 3.8) is 0 Å². The van der Waals surface area contributed by atoms with E-state index in [1.165, 1.54) is 23.5 Å². The van der Waals surface area contributed by atoms with Gasteiger partial charge in [-0.1, -0.05) is 0 Å². The van der Waals surface area contributed by atoms with Crippen molar-refractivity contribution in [2.75, 3.05) is 20.2 Å². The number of piperidine rings is 1. The Morgan fingerprint density at radius 3 is 2.54 bits per heavy atom. The van der Waals surface area contributed by atoms with E-state index in [0.717, 1.165) is 11.8 Å². The number of hydrogen-bond donors (Lipinski definition) is 0. The largest absolute Gasteiger partial charge is 0.495 e. The zero-order chi connectivity index (χ0) is 18.7. The molecular formula is C18H21FN2O4S. The summed E-state index contributed by atoms with van der Waals surface area (Å²) in [4.78, 5) is 4.03. The van der Waals surface area contributed by atoms with Gasteiger partial charge in [0.05, 0.1) is 13.3 Å². The predicted molar refractivity (Wildman–Crippen MR) is 94.3 cm³/mol. The van der Waals surface area contributed by atoms with E-state index in [4.69, 9.17) is 9.47 Å². The molecule has 3 rings (SSSR count). The van der Waals surface area contributed by atoms with E-state index in [1.54, 1.807) is 6.20 Å². The summed E-state index contributed by atoms with van der Waals surface area (Å²) >= 11 is 0. The van der Waals surface area contributed by atoms with E-state index in [2.05, 4.69) is 4.98 Å². The molecule has 0 amide bonds. The van der Waals surface area contributed by atoms with Crippen molar-refractivity contribution in [2.45, 2.75) is 30.8 Å². The van der Waals surface area contributed by atoms with Crippen molar-refractivity contribution in [1.82, 2.24) is 9.29 Å². The molecule has 0 atom stereocenters. The van der Waals surface area contributed by atoms with Gasteiger partial charge in [-0.15, -0.1) is 0 Å². The Morgan fingerprint density at radius 2 is 1.92 bits per heavy atom. The van der Waals surface area contributed by atoms with Crippen LogP contribution in [0.5, 0.6) is 11.5 Å². The molecule has 1 fully saturated rings. The number of halogens is 1. The number of methoxy groups -OCH3 is 1. The molecule has 0 unspecified atom stereocenters. The second kappa shape index (κ2) is 7.59. The molecule has 6 nitrogen and oxygen atoms in total. The van der Waals surface area contributed by atoms with Gasteiger partial charge in [0.1, 0.15) is 28.3 Å². The zero-order valence-electron chi connectivity index (χ0n) is 14.7. The Bertz CT molecular complexity index is 863. The Labute approximate surface area is 152 Å². The van der Waals surface area contributed by atoms with Gasteiger partial charge in [-0.05, 0) is 50.1 Å². The van der Waals surface area contributed by atoms with Crippen LogP contribution in [0, 0.1) is 12.7 Å². The maximum absolute atomic E-state index is 13.5. The second-order valence-electron chi connectivity index (χ2n) is 6.15. The molecule has 0 saturated carbocycles. The molecule has 1 saturated heterocycles. The third-order valence-corrected chi connectivity index (χ3v) is 6.25. The predicted octanol–water partition coefficient (Wildman–Crippen LogP) is 2.77. The van der Waals surface area contributed by atoms with Gasteiger partial charge < -0.3 is 9.47 Å². The summed E-state index contributed by atoms with van der Waals surface area (Å²) in [6.07, 6.45) is 2.67. The third-order valence-electron chi connectivity index (χ3n) is 4.33. The summed E-state index contributed by atoms with van der Waals surface area (Å²) in [5, 5.41) is 0. The Hall–Kier alpha value is -2.19. The first-order valence-corrected chi connectivity index (χ1v) is 9.77. The molecule has 0 spiro atoms. The lowest BCUT2D eigenvalue weighted by molar-refractivity contribution is 0.134. The van der Waals surface area contributed by atoms with Gasteiger partial charge in [-0.3, -0.25) is 4.98 Å². The minimum Gasteiger partial charge on any atom is -0.495 e. The first kappa shape index (κ1) is 18.6. The summed E-state index contributed by atoms with van der Waals surface area (Å²) in [5.74, 6) is 0.189. The highest BCUT2D eigenvalue weighted by molar-refractivity contribution is 7.89. The van der Waals surface area contributed by atoms with Gasteiger partial charge in [-0.2, -0.15) is 4.31 Å². The van der Waals surface area contributed by atoms with Gasteiger partial charge in [0.15, 0.2) is 0 Å². The molecule has 1 aliphatic heterocycles. The lowest BCUT2D eigenvalue weighted by Gasteiger charge is -2.31. The number of hydrogen-bond acceptors (Lipinski definition) is 5. The normalized spacial score (nSPS) is 16.4. The second-order valence-corrected chi connectivity index (χ2v) is 8.06. The molecule has 0 aliphatic carbocycles. The minimum absolute atomic E-state index is 0.0830. The van der Waals surface area contributed by atoms with Gasteiger partial charge in [0, 0.05) is 18.8 Å². The highest BCUT2D eigenvalue weighted by atomic mass is 32.2. The van der Waals surface area contributed by atoms with Crippen LogP contribution in [0.1, 0.15) is 18.5 Å². The molecule has 1 aromatic carbocycles. The molecule has 0 bridgehead atoms. The number of rotatable bonds is 5. The van der Waals surface area contributed by atoms with Crippen molar-refractivity contribution < 1.29 is 22.3 Å². The van der Waals surface area contributed by atoms with Gasteiger partial charge in [0.2, 0.25) is 10.0 Å². The summed E-state index contributed by atoms with van der Waals surface area (Å²) < 4.78 is 51.5. The number of nitrogens with zero attached hydrogens (tertiary/aromatic N) is 2. The van der Waals surface area contributed by atoms with Crippen molar-refractivity contribution in [3.8, 4) is 11.5 Å². The lowest BCUT2D eigenvalue weighted by Crippen LogP contribution is -2.41. The Morgan fingerprint density at radius 1 is 1.19 bits per heavy atom. The molecule has 8 heteroatoms. The number of ether oxygens (including phenoxy) is 2. The third kappa shape index (κ3) is 3.96. The molecule has 140 valence electrons. The van der Waals surface area contributed by atoms with Crippen molar-refractivity contribution >= 4 is 10.0 Å². The molecule has 0 N–H and O–H groups in total. The van der Waals surface area contributed by atoms with Gasteiger partial charge >= 0.3 is 0 Å². The summed E-state index contributed by atoms with van der Waals surface area (Å²) in [5.41, 5.74) is 0.905. The Kier molecular flexibility index (Phi) is 5.43. The fraction of sp³-hybridized carbons (Fsp3) is 0.389. The number of benzene rings is 1. The SMILES string of the molecule is COc1ccc(F)cc1S(=O)(=O)N1CCC(Oc2ccc(C)nc2)CC1. The summed E-state index contributed by atoms with van der Waals surface area (Å²) in [7, 11) is -2.47. The molecule has 26 heavy (non-hydrogen) atoms. The van der Waals surface area contributed by atoms with Crippen LogP contribution in [-0.2, 0) is 10.0 Å². The van der Waals surface area contributed by atoms with Crippen molar-refractivity contribution in [2.24, 2.45) is 0 Å². The van der Waals surface area contributed by atoms with E-state index in [1.807, 2.05) is 19.1 Å². The average molecular weight is 380 g/mol. The van der Waals surface area contributed by atoms with E-state index in [0.29, 0.717) is 31.7 Å². The van der Waals surface area contributed by atoms with E-state index < -0.39 is 15.8 Å². The van der Waals surface area contributed by atoms with E-state index in [9.17, 15) is 12.8 Å². The van der Waals surface area contributed by atoms with Gasteiger partial charge in [0.25, 0.3) is 0 Å². The molecular weight excluding hydrogens is 359 g/mol. The van der Waals surface area contributed by atoms with Crippen molar-refractivity contribution in [1.29, 1.82) is 0 Å². The maximum Gasteiger partial charge on any atom is 0.246 e. The average Bonchev–Trinajstić information content (AvgIpc) is 2.64. The fourth-order valence-corrected chi connectivity index (χ4v) is 4.53. The van der Waals surface area contributed by atoms with Crippen LogP contribution < -0.4 is 9.47 Å². The number of pyridine rings is 1. The van der Waals surface area contributed by atoms with Crippen LogP contribution in [0.4, 0.5) is 4.39 Å². The van der Waals surface area contributed by atoms with Crippen LogP contribution in [0.3, 0.4) is 0 Å². The number of sulfonamides is 1. The molecule has 1 aliphatic rings. The summed E-state index contributed by atoms with van der Waals surface area (Å²) in [6, 6.07) is 7.21. The molecule has 2 aromatic rings. The lowest BCUT2D eigenvalue weighted by atomic mass is 10.1. The number of aryl methyl sites for hydroxylation is 1. The van der Waals surface area contributed by atoms with Gasteiger partial charge in [-0.25, -0.2) is 12.8 Å². The van der Waals surface area contributed by atoms with E-state index >= 15 is 0 Å². The highest BCUT2D eigenvalue weighted by Crippen LogP contribution is 2.30. The molecule has 0 radical (unpaired) electrons. The molecule has 1 aromatic heterocycles.